The first-order chi connectivity index (χ1) is 14.0. The lowest BCUT2D eigenvalue weighted by atomic mass is 10.1. The van der Waals surface area contributed by atoms with Crippen LogP contribution in [0.1, 0.15) is 40.9 Å². The van der Waals surface area contributed by atoms with E-state index in [0.717, 1.165) is 30.1 Å². The molecule has 0 radical (unpaired) electrons. The van der Waals surface area contributed by atoms with Gasteiger partial charge in [0.2, 0.25) is 0 Å². The summed E-state index contributed by atoms with van der Waals surface area (Å²) in [5.41, 5.74) is 4.12. The fourth-order valence-electron chi connectivity index (χ4n) is 2.84. The van der Waals surface area contributed by atoms with Crippen LogP contribution in [-0.2, 0) is 24.3 Å². The van der Waals surface area contributed by atoms with Crippen LogP contribution in [0.4, 0.5) is 0 Å². The van der Waals surface area contributed by atoms with Gasteiger partial charge in [0.15, 0.2) is 5.96 Å². The molecule has 0 bridgehead atoms. The monoisotopic (exact) mass is 524 g/mol. The Kier molecular flexibility index (Phi) is 12.1. The zero-order valence-electron chi connectivity index (χ0n) is 18.2. The number of nitrogens with one attached hydrogen (secondary N) is 3. The van der Waals surface area contributed by atoms with E-state index in [1.54, 1.807) is 14.1 Å². The summed E-state index contributed by atoms with van der Waals surface area (Å²) in [5, 5.41) is 9.31. The standard InChI is InChI=1S/C23H32N4O2.HI/c1-17(2)29-16-20-9-5-8-19(13-20)15-27-23(25-4)26-12-11-18-7-6-10-21(14-18)22(28)24-3;/h5-10,13-14,17H,11-12,15-16H2,1-4H3,(H,24,28)(H2,25,26,27);1H. The Morgan fingerprint density at radius 1 is 1.03 bits per heavy atom. The lowest BCUT2D eigenvalue weighted by Crippen LogP contribution is -2.37. The summed E-state index contributed by atoms with van der Waals surface area (Å²) in [6, 6.07) is 16.0. The average molecular weight is 524 g/mol. The number of guanidine groups is 1. The predicted octanol–water partition coefficient (Wildman–Crippen LogP) is 3.50. The first kappa shape index (κ1) is 25.9. The van der Waals surface area contributed by atoms with Gasteiger partial charge >= 0.3 is 0 Å². The van der Waals surface area contributed by atoms with Crippen molar-refractivity contribution in [1.29, 1.82) is 0 Å². The van der Waals surface area contributed by atoms with Gasteiger partial charge in [0, 0.05) is 32.7 Å². The van der Waals surface area contributed by atoms with E-state index >= 15 is 0 Å². The molecule has 164 valence electrons. The lowest BCUT2D eigenvalue weighted by molar-refractivity contribution is 0.0657. The number of carbonyl (C=O) groups excluding carboxylic acids is 1. The molecule has 1 amide bonds. The highest BCUT2D eigenvalue weighted by Crippen LogP contribution is 2.08. The smallest absolute Gasteiger partial charge is 0.251 e. The van der Waals surface area contributed by atoms with Crippen molar-refractivity contribution in [1.82, 2.24) is 16.0 Å². The Balaban J connectivity index is 0.00000450. The van der Waals surface area contributed by atoms with Crippen molar-refractivity contribution in [3.63, 3.8) is 0 Å². The first-order valence-corrected chi connectivity index (χ1v) is 9.96. The van der Waals surface area contributed by atoms with Crippen LogP contribution >= 0.6 is 24.0 Å². The summed E-state index contributed by atoms with van der Waals surface area (Å²) < 4.78 is 5.67. The Hall–Kier alpha value is -2.13. The molecule has 0 aliphatic carbocycles. The van der Waals surface area contributed by atoms with Gasteiger partial charge in [0.1, 0.15) is 0 Å². The number of amides is 1. The Morgan fingerprint density at radius 3 is 2.43 bits per heavy atom. The predicted molar refractivity (Wildman–Crippen MR) is 134 cm³/mol. The second-order valence-electron chi connectivity index (χ2n) is 7.06. The fraction of sp³-hybridized carbons (Fsp3) is 0.391. The van der Waals surface area contributed by atoms with E-state index in [2.05, 4.69) is 39.1 Å². The van der Waals surface area contributed by atoms with Gasteiger partial charge in [-0.1, -0.05) is 36.4 Å². The molecule has 0 unspecified atom stereocenters. The van der Waals surface area contributed by atoms with Crippen LogP contribution in [0, 0.1) is 0 Å². The zero-order valence-corrected chi connectivity index (χ0v) is 20.5. The molecule has 0 atom stereocenters. The molecule has 7 heteroatoms. The fourth-order valence-corrected chi connectivity index (χ4v) is 2.84. The second kappa shape index (κ2) is 14.0. The highest BCUT2D eigenvalue weighted by atomic mass is 127. The van der Waals surface area contributed by atoms with Crippen LogP contribution in [0.2, 0.25) is 0 Å². The Morgan fingerprint density at radius 2 is 1.73 bits per heavy atom. The van der Waals surface area contributed by atoms with Crippen LogP contribution in [0.3, 0.4) is 0 Å². The van der Waals surface area contributed by atoms with Crippen molar-refractivity contribution >= 4 is 35.8 Å². The van der Waals surface area contributed by atoms with Crippen molar-refractivity contribution < 1.29 is 9.53 Å². The lowest BCUT2D eigenvalue weighted by Gasteiger charge is -2.13. The number of hydrogen-bond acceptors (Lipinski definition) is 3. The van der Waals surface area contributed by atoms with Crippen LogP contribution < -0.4 is 16.0 Å². The molecule has 0 aliphatic heterocycles. The number of aliphatic imine (C=N–C) groups is 1. The van der Waals surface area contributed by atoms with E-state index < -0.39 is 0 Å². The molecular weight excluding hydrogens is 491 g/mol. The van der Waals surface area contributed by atoms with Gasteiger partial charge in [0.05, 0.1) is 12.7 Å². The number of halogens is 1. The van der Waals surface area contributed by atoms with Crippen molar-refractivity contribution in [2.75, 3.05) is 20.6 Å². The number of benzene rings is 2. The van der Waals surface area contributed by atoms with E-state index in [9.17, 15) is 4.79 Å². The molecule has 2 rings (SSSR count). The molecule has 0 heterocycles. The van der Waals surface area contributed by atoms with Crippen molar-refractivity contribution in [3.05, 3.63) is 70.8 Å². The third kappa shape index (κ3) is 9.13. The summed E-state index contributed by atoms with van der Waals surface area (Å²) >= 11 is 0. The molecule has 3 N–H and O–H groups in total. The van der Waals surface area contributed by atoms with Crippen molar-refractivity contribution in [3.8, 4) is 0 Å². The summed E-state index contributed by atoms with van der Waals surface area (Å²) in [7, 11) is 3.40. The average Bonchev–Trinajstić information content (AvgIpc) is 2.74. The topological polar surface area (TPSA) is 74.8 Å². The van der Waals surface area contributed by atoms with E-state index in [1.807, 2.05) is 44.2 Å². The van der Waals surface area contributed by atoms with E-state index in [1.165, 1.54) is 5.56 Å². The maximum Gasteiger partial charge on any atom is 0.251 e. The molecule has 6 nitrogen and oxygen atoms in total. The number of nitrogens with zero attached hydrogens (tertiary/aromatic N) is 1. The van der Waals surface area contributed by atoms with Crippen LogP contribution in [0.15, 0.2) is 53.5 Å². The molecule has 0 saturated heterocycles. The minimum Gasteiger partial charge on any atom is -0.374 e. The summed E-state index contributed by atoms with van der Waals surface area (Å²) in [5.74, 6) is 0.676. The van der Waals surface area contributed by atoms with Gasteiger partial charge < -0.3 is 20.7 Å². The molecule has 2 aromatic carbocycles. The first-order valence-electron chi connectivity index (χ1n) is 9.96. The molecule has 0 aromatic heterocycles. The summed E-state index contributed by atoms with van der Waals surface area (Å²) in [4.78, 5) is 16.0. The maximum atomic E-state index is 11.7. The Labute approximate surface area is 196 Å². The molecule has 2 aromatic rings. The molecule has 0 saturated carbocycles. The minimum atomic E-state index is -0.0710. The van der Waals surface area contributed by atoms with Gasteiger partial charge in [-0.05, 0) is 49.1 Å². The molecule has 30 heavy (non-hydrogen) atoms. The van der Waals surface area contributed by atoms with Crippen molar-refractivity contribution in [2.45, 2.75) is 39.5 Å². The highest BCUT2D eigenvalue weighted by Gasteiger charge is 2.05. The summed E-state index contributed by atoms with van der Waals surface area (Å²) in [6.07, 6.45) is 1.02. The number of carbonyl (C=O) groups is 1. The molecule has 0 fully saturated rings. The van der Waals surface area contributed by atoms with Crippen molar-refractivity contribution in [2.24, 2.45) is 4.99 Å². The largest absolute Gasteiger partial charge is 0.374 e. The third-order valence-electron chi connectivity index (χ3n) is 4.38. The summed E-state index contributed by atoms with van der Waals surface area (Å²) in [6.45, 7) is 6.10. The van der Waals surface area contributed by atoms with Crippen LogP contribution in [0.25, 0.3) is 0 Å². The quantitative estimate of drug-likeness (QED) is 0.267. The van der Waals surface area contributed by atoms with Gasteiger partial charge in [-0.2, -0.15) is 0 Å². The molecule has 0 spiro atoms. The highest BCUT2D eigenvalue weighted by molar-refractivity contribution is 14.0. The maximum absolute atomic E-state index is 11.7. The van der Waals surface area contributed by atoms with Gasteiger partial charge in [-0.15, -0.1) is 24.0 Å². The van der Waals surface area contributed by atoms with Crippen LogP contribution in [-0.4, -0.2) is 38.6 Å². The second-order valence-corrected chi connectivity index (χ2v) is 7.06. The zero-order chi connectivity index (χ0) is 21.1. The molecular formula is C23H33IN4O2. The number of hydrogen-bond donors (Lipinski definition) is 3. The number of ether oxygens (including phenoxy) is 1. The Bertz CT molecular complexity index is 824. The van der Waals surface area contributed by atoms with E-state index in [-0.39, 0.29) is 36.0 Å². The van der Waals surface area contributed by atoms with Gasteiger partial charge in [-0.3, -0.25) is 9.79 Å². The van der Waals surface area contributed by atoms with Gasteiger partial charge in [0.25, 0.3) is 5.91 Å². The SMILES string of the molecule is CN=C(NCCc1cccc(C(=O)NC)c1)NCc1cccc(COC(C)C)c1.I. The minimum absolute atomic E-state index is 0. The normalized spacial score (nSPS) is 11.0. The number of rotatable bonds is 9. The molecule has 0 aliphatic rings. The third-order valence-corrected chi connectivity index (χ3v) is 4.38. The van der Waals surface area contributed by atoms with E-state index in [0.29, 0.717) is 18.7 Å². The van der Waals surface area contributed by atoms with E-state index in [4.69, 9.17) is 4.74 Å². The van der Waals surface area contributed by atoms with Crippen LogP contribution in [0.5, 0.6) is 0 Å². The van der Waals surface area contributed by atoms with Gasteiger partial charge in [-0.25, -0.2) is 0 Å².